The topological polar surface area (TPSA) is 74.7 Å². The van der Waals surface area contributed by atoms with E-state index in [4.69, 9.17) is 11.6 Å². The van der Waals surface area contributed by atoms with Crippen molar-refractivity contribution in [2.75, 3.05) is 7.05 Å². The van der Waals surface area contributed by atoms with Gasteiger partial charge in [0.25, 0.3) is 0 Å². The first-order chi connectivity index (χ1) is 12.4. The number of rotatable bonds is 6. The average Bonchev–Trinajstić information content (AvgIpc) is 2.58. The molecule has 1 atom stereocenters. The highest BCUT2D eigenvalue weighted by Gasteiger charge is 2.34. The summed E-state index contributed by atoms with van der Waals surface area (Å²) in [7, 11) is -3.12. The molecule has 2 rings (SSSR count). The molecule has 146 valence electrons. The molecule has 0 saturated heterocycles. The van der Waals surface area contributed by atoms with Crippen LogP contribution in [0.15, 0.2) is 53.4 Å². The molecular weight excluding hydrogens is 407 g/mol. The largest absolute Gasteiger partial charge is 0.480 e. The summed E-state index contributed by atoms with van der Waals surface area (Å²) in [6.07, 6.45) is -5.02. The summed E-state index contributed by atoms with van der Waals surface area (Å²) in [5, 5.41) is 9.74. The number of hydrogen-bond acceptors (Lipinski definition) is 3. The first-order valence-electron chi connectivity index (χ1n) is 7.55. The van der Waals surface area contributed by atoms with Gasteiger partial charge >= 0.3 is 12.1 Å². The first kappa shape index (κ1) is 21.2. The molecule has 0 spiro atoms. The minimum atomic E-state index is -4.59. The van der Waals surface area contributed by atoms with E-state index in [2.05, 4.69) is 0 Å². The van der Waals surface area contributed by atoms with Crippen LogP contribution in [0.25, 0.3) is 0 Å². The van der Waals surface area contributed by atoms with Crippen molar-refractivity contribution in [2.45, 2.75) is 23.5 Å². The van der Waals surface area contributed by atoms with Crippen LogP contribution in [0.2, 0.25) is 5.02 Å². The van der Waals surface area contributed by atoms with E-state index in [9.17, 15) is 31.5 Å². The molecule has 0 unspecified atom stereocenters. The van der Waals surface area contributed by atoms with E-state index in [1.807, 2.05) is 0 Å². The van der Waals surface area contributed by atoms with Gasteiger partial charge in [0.1, 0.15) is 6.04 Å². The fourth-order valence-electron chi connectivity index (χ4n) is 2.41. The number of aliphatic carboxylic acids is 1. The smallest absolute Gasteiger partial charge is 0.416 e. The van der Waals surface area contributed by atoms with Crippen LogP contribution in [0.5, 0.6) is 0 Å². The van der Waals surface area contributed by atoms with Gasteiger partial charge in [-0.05, 0) is 42.3 Å². The van der Waals surface area contributed by atoms with Crippen LogP contribution in [-0.2, 0) is 27.4 Å². The van der Waals surface area contributed by atoms with Crippen molar-refractivity contribution in [1.82, 2.24) is 4.31 Å². The molecule has 0 bridgehead atoms. The van der Waals surface area contributed by atoms with E-state index in [0.29, 0.717) is 9.33 Å². The summed E-state index contributed by atoms with van der Waals surface area (Å²) >= 11 is 5.72. The molecule has 0 saturated carbocycles. The van der Waals surface area contributed by atoms with E-state index in [0.717, 1.165) is 25.2 Å². The van der Waals surface area contributed by atoms with Crippen molar-refractivity contribution in [1.29, 1.82) is 0 Å². The quantitative estimate of drug-likeness (QED) is 0.772. The Morgan fingerprint density at radius 1 is 1.19 bits per heavy atom. The second-order valence-corrected chi connectivity index (χ2v) is 8.17. The number of hydrogen-bond donors (Lipinski definition) is 1. The van der Waals surface area contributed by atoms with Crippen molar-refractivity contribution in [2.24, 2.45) is 0 Å². The summed E-state index contributed by atoms with van der Waals surface area (Å²) in [4.78, 5) is 11.4. The van der Waals surface area contributed by atoms with E-state index < -0.39 is 40.2 Å². The monoisotopic (exact) mass is 421 g/mol. The van der Waals surface area contributed by atoms with Crippen molar-refractivity contribution < 1.29 is 31.5 Å². The zero-order valence-corrected chi connectivity index (χ0v) is 15.5. The Hall–Kier alpha value is -2.10. The number of nitrogens with zero attached hydrogens (tertiary/aromatic N) is 1. The van der Waals surface area contributed by atoms with Gasteiger partial charge in [0.05, 0.1) is 10.5 Å². The third-order valence-electron chi connectivity index (χ3n) is 3.90. The van der Waals surface area contributed by atoms with Crippen LogP contribution < -0.4 is 0 Å². The lowest BCUT2D eigenvalue weighted by Crippen LogP contribution is -2.43. The molecule has 5 nitrogen and oxygen atoms in total. The van der Waals surface area contributed by atoms with E-state index in [-0.39, 0.29) is 10.5 Å². The molecule has 2 aromatic rings. The number of halogens is 4. The van der Waals surface area contributed by atoms with Crippen molar-refractivity contribution in [3.63, 3.8) is 0 Å². The summed E-state index contributed by atoms with van der Waals surface area (Å²) in [5.41, 5.74) is -0.886. The van der Waals surface area contributed by atoms with Crippen molar-refractivity contribution in [3.05, 3.63) is 64.7 Å². The lowest BCUT2D eigenvalue weighted by atomic mass is 10.0. The first-order valence-corrected chi connectivity index (χ1v) is 9.37. The van der Waals surface area contributed by atoms with Gasteiger partial charge < -0.3 is 5.11 Å². The molecule has 0 fully saturated rings. The second-order valence-electron chi connectivity index (χ2n) is 5.73. The summed E-state index contributed by atoms with van der Waals surface area (Å²) in [6, 6.07) is 7.64. The third kappa shape index (κ3) is 5.00. The zero-order valence-electron chi connectivity index (χ0n) is 13.9. The van der Waals surface area contributed by atoms with Gasteiger partial charge in [0.15, 0.2) is 0 Å². The van der Waals surface area contributed by atoms with Crippen molar-refractivity contribution >= 4 is 27.6 Å². The highest BCUT2D eigenvalue weighted by Crippen LogP contribution is 2.30. The van der Waals surface area contributed by atoms with Gasteiger partial charge in [0, 0.05) is 12.1 Å². The highest BCUT2D eigenvalue weighted by molar-refractivity contribution is 7.89. The maximum atomic E-state index is 12.8. The predicted molar refractivity (Wildman–Crippen MR) is 93.0 cm³/mol. The van der Waals surface area contributed by atoms with E-state index >= 15 is 0 Å². The Bertz CT molecular complexity index is 930. The predicted octanol–water partition coefficient (Wildman–Crippen LogP) is 3.68. The summed E-state index contributed by atoms with van der Waals surface area (Å²) in [6.45, 7) is 0. The Balaban J connectivity index is 2.35. The molecule has 0 heterocycles. The van der Waals surface area contributed by atoms with Gasteiger partial charge in [0.2, 0.25) is 10.0 Å². The number of alkyl halides is 3. The summed E-state index contributed by atoms with van der Waals surface area (Å²) < 4.78 is 64.4. The van der Waals surface area contributed by atoms with E-state index in [1.165, 1.54) is 30.3 Å². The molecule has 1 N–H and O–H groups in total. The minimum absolute atomic E-state index is 0.0513. The van der Waals surface area contributed by atoms with E-state index in [1.54, 1.807) is 0 Å². The molecular formula is C17H15ClF3NO4S. The van der Waals surface area contributed by atoms with Crippen LogP contribution in [0.4, 0.5) is 13.2 Å². The number of benzene rings is 2. The number of likely N-dealkylation sites (N-methyl/N-ethyl adjacent to an activating group) is 1. The standard InChI is InChI=1S/C17H15ClF3NO4S/c1-22(27(25,26)14-7-5-13(18)6-8-14)15(16(23)24)10-11-3-2-4-12(9-11)17(19,20)21/h2-9,15H,10H2,1H3,(H,23,24)/t15-/m0/s1. The number of carboxylic acids is 1. The Kier molecular flexibility index (Phi) is 6.18. The maximum Gasteiger partial charge on any atom is 0.416 e. The molecule has 0 aliphatic rings. The van der Waals surface area contributed by atoms with Gasteiger partial charge in [-0.15, -0.1) is 0 Å². The van der Waals surface area contributed by atoms with Crippen LogP contribution in [0, 0.1) is 0 Å². The normalized spacial score (nSPS) is 13.6. The van der Waals surface area contributed by atoms with Gasteiger partial charge in [-0.2, -0.15) is 17.5 Å². The van der Waals surface area contributed by atoms with Crippen LogP contribution in [0.1, 0.15) is 11.1 Å². The molecule has 0 aromatic heterocycles. The van der Waals surface area contributed by atoms with Crippen LogP contribution in [0.3, 0.4) is 0 Å². The fraction of sp³-hybridized carbons (Fsp3) is 0.235. The Labute approximate surface area is 159 Å². The lowest BCUT2D eigenvalue weighted by molar-refractivity contribution is -0.141. The molecule has 0 aliphatic carbocycles. The SMILES string of the molecule is CN([C@@H](Cc1cccc(C(F)(F)F)c1)C(=O)O)S(=O)(=O)c1ccc(Cl)cc1. The molecule has 10 heteroatoms. The second kappa shape index (κ2) is 7.87. The van der Waals surface area contributed by atoms with Crippen LogP contribution >= 0.6 is 11.6 Å². The number of sulfonamides is 1. The van der Waals surface area contributed by atoms with Gasteiger partial charge in [-0.1, -0.05) is 29.8 Å². The Morgan fingerprint density at radius 2 is 1.78 bits per heavy atom. The molecule has 0 aliphatic heterocycles. The van der Waals surface area contributed by atoms with Gasteiger partial charge in [-0.25, -0.2) is 8.42 Å². The minimum Gasteiger partial charge on any atom is -0.480 e. The Morgan fingerprint density at radius 3 is 2.30 bits per heavy atom. The van der Waals surface area contributed by atoms with Gasteiger partial charge in [-0.3, -0.25) is 4.79 Å². The molecule has 0 radical (unpaired) electrons. The zero-order chi connectivity index (χ0) is 20.4. The average molecular weight is 422 g/mol. The lowest BCUT2D eigenvalue weighted by Gasteiger charge is -2.24. The summed E-state index contributed by atoms with van der Waals surface area (Å²) in [5.74, 6) is -1.48. The van der Waals surface area contributed by atoms with Crippen LogP contribution in [-0.4, -0.2) is 36.9 Å². The van der Waals surface area contributed by atoms with Crippen molar-refractivity contribution in [3.8, 4) is 0 Å². The number of carboxylic acid groups (broad SMARTS) is 1. The molecule has 2 aromatic carbocycles. The molecule has 27 heavy (non-hydrogen) atoms. The molecule has 0 amide bonds. The highest BCUT2D eigenvalue weighted by atomic mass is 35.5. The maximum absolute atomic E-state index is 12.8. The third-order valence-corrected chi connectivity index (χ3v) is 6.03. The fourth-order valence-corrected chi connectivity index (χ4v) is 3.85. The number of carbonyl (C=O) groups is 1.